The smallest absolute Gasteiger partial charge is 0.346 e. The number of benzene rings is 3. The molecule has 9 heteroatoms. The zero-order valence-corrected chi connectivity index (χ0v) is 20.2. The Balaban J connectivity index is 1.25. The molecule has 3 heterocycles. The van der Waals surface area contributed by atoms with Gasteiger partial charge in [0.1, 0.15) is 17.5 Å². The number of nitrogens with zero attached hydrogens (tertiary/aromatic N) is 4. The zero-order valence-electron chi connectivity index (χ0n) is 20.2. The number of hydrogen-bond acceptors (Lipinski definition) is 6. The van der Waals surface area contributed by atoms with Crippen LogP contribution in [0.2, 0.25) is 0 Å². The Labute approximate surface area is 213 Å². The van der Waals surface area contributed by atoms with Crippen molar-refractivity contribution in [3.8, 4) is 11.3 Å². The number of aromatic amines is 1. The molecule has 0 aliphatic carbocycles. The molecule has 6 rings (SSSR count). The van der Waals surface area contributed by atoms with Crippen LogP contribution >= 0.6 is 0 Å². The van der Waals surface area contributed by atoms with E-state index in [1.165, 1.54) is 11.4 Å². The minimum Gasteiger partial charge on any atom is -0.355 e. The number of carbonyl (C=O) groups is 1. The molecular weight excluding hydrogens is 466 g/mol. The van der Waals surface area contributed by atoms with Crippen molar-refractivity contribution in [2.75, 3.05) is 17.2 Å². The summed E-state index contributed by atoms with van der Waals surface area (Å²) in [6.07, 6.45) is 3.89. The molecule has 5 aromatic rings. The van der Waals surface area contributed by atoms with E-state index in [1.807, 2.05) is 79.7 Å². The first-order valence-corrected chi connectivity index (χ1v) is 12.1. The summed E-state index contributed by atoms with van der Waals surface area (Å²) in [4.78, 5) is 35.0. The summed E-state index contributed by atoms with van der Waals surface area (Å²) >= 11 is 0. The van der Waals surface area contributed by atoms with Crippen molar-refractivity contribution < 1.29 is 9.63 Å². The topological polar surface area (TPSA) is 108 Å². The lowest BCUT2D eigenvalue weighted by molar-refractivity contribution is -0.0829. The number of urea groups is 1. The number of carbonyl (C=O) groups excluding carboxylic acids is 1. The van der Waals surface area contributed by atoms with Gasteiger partial charge in [0.05, 0.1) is 19.0 Å². The molecule has 1 saturated heterocycles. The fourth-order valence-corrected chi connectivity index (χ4v) is 4.57. The fraction of sp³-hybridized carbons (Fsp3) is 0.143. The second-order valence-electron chi connectivity index (χ2n) is 8.83. The Morgan fingerprint density at radius 1 is 1.00 bits per heavy atom. The number of rotatable bonds is 5. The number of hydrogen-bond donors (Lipinski definition) is 3. The molecule has 2 aromatic heterocycles. The Morgan fingerprint density at radius 2 is 1.84 bits per heavy atom. The maximum atomic E-state index is 13.1. The molecular formula is C28H25N7O2. The number of nitrogens with one attached hydrogen (secondary N) is 3. The molecule has 37 heavy (non-hydrogen) atoms. The summed E-state index contributed by atoms with van der Waals surface area (Å²) in [5.41, 5.74) is 7.47. The van der Waals surface area contributed by atoms with E-state index in [0.717, 1.165) is 40.2 Å². The SMILES string of the molecule is Cc1ccc(NC(=O)N2OCC[C@@H]2c2ccccc2)cc1Nc1ccccc1-c1ncnc2[nH]cnc12. The van der Waals surface area contributed by atoms with Gasteiger partial charge < -0.3 is 15.6 Å². The highest BCUT2D eigenvalue weighted by Gasteiger charge is 2.31. The molecule has 1 atom stereocenters. The predicted molar refractivity (Wildman–Crippen MR) is 142 cm³/mol. The third kappa shape index (κ3) is 4.48. The molecule has 3 N–H and O–H groups in total. The van der Waals surface area contributed by atoms with E-state index in [-0.39, 0.29) is 12.1 Å². The molecule has 0 bridgehead atoms. The van der Waals surface area contributed by atoms with E-state index >= 15 is 0 Å². The van der Waals surface area contributed by atoms with Crippen LogP contribution in [0.3, 0.4) is 0 Å². The molecule has 3 aromatic carbocycles. The average molecular weight is 492 g/mol. The van der Waals surface area contributed by atoms with Crippen molar-refractivity contribution in [1.29, 1.82) is 0 Å². The van der Waals surface area contributed by atoms with Crippen LogP contribution in [0.4, 0.5) is 21.9 Å². The van der Waals surface area contributed by atoms with Gasteiger partial charge in [0.15, 0.2) is 5.65 Å². The molecule has 2 amide bonds. The number of hydroxylamine groups is 2. The first-order chi connectivity index (χ1) is 18.2. The first-order valence-electron chi connectivity index (χ1n) is 12.1. The quantitative estimate of drug-likeness (QED) is 0.279. The van der Waals surface area contributed by atoms with Crippen molar-refractivity contribution in [3.05, 3.63) is 96.6 Å². The molecule has 0 spiro atoms. The van der Waals surface area contributed by atoms with E-state index in [4.69, 9.17) is 4.84 Å². The third-order valence-electron chi connectivity index (χ3n) is 6.45. The number of anilines is 3. The second kappa shape index (κ2) is 9.71. The van der Waals surface area contributed by atoms with E-state index in [9.17, 15) is 4.79 Å². The van der Waals surface area contributed by atoms with Gasteiger partial charge in [-0.1, -0.05) is 54.6 Å². The van der Waals surface area contributed by atoms with E-state index in [0.29, 0.717) is 23.5 Å². The lowest BCUT2D eigenvalue weighted by Crippen LogP contribution is -2.33. The first kappa shape index (κ1) is 22.7. The standard InChI is InChI=1S/C28H25N7O2/c1-18-11-12-20(33-28(36)35-24(13-14-37-35)19-7-3-2-4-8-19)15-23(18)34-22-10-6-5-9-21(22)25-26-27(31-16-29-25)32-17-30-26/h2-12,15-17,24,34H,13-14H2,1H3,(H,33,36)(H,29,30,31,32)/t24-/m1/s1. The van der Waals surface area contributed by atoms with Crippen molar-refractivity contribution >= 4 is 34.3 Å². The summed E-state index contributed by atoms with van der Waals surface area (Å²) in [6.45, 7) is 2.51. The molecule has 0 unspecified atom stereocenters. The van der Waals surface area contributed by atoms with Crippen LogP contribution in [-0.2, 0) is 4.84 Å². The lowest BCUT2D eigenvalue weighted by Gasteiger charge is -2.23. The summed E-state index contributed by atoms with van der Waals surface area (Å²) in [7, 11) is 0. The van der Waals surface area contributed by atoms with Gasteiger partial charge in [-0.05, 0) is 36.2 Å². The Morgan fingerprint density at radius 3 is 2.73 bits per heavy atom. The molecule has 9 nitrogen and oxygen atoms in total. The molecule has 1 aliphatic rings. The number of aromatic nitrogens is 4. The van der Waals surface area contributed by atoms with Gasteiger partial charge in [-0.15, -0.1) is 0 Å². The maximum Gasteiger partial charge on any atom is 0.346 e. The number of aryl methyl sites for hydroxylation is 1. The minimum absolute atomic E-state index is 0.122. The van der Waals surface area contributed by atoms with Crippen LogP contribution in [0.15, 0.2) is 85.5 Å². The average Bonchev–Trinajstić information content (AvgIpc) is 3.62. The summed E-state index contributed by atoms with van der Waals surface area (Å²) in [6, 6.07) is 23.2. The third-order valence-corrected chi connectivity index (χ3v) is 6.45. The number of amides is 2. The highest BCUT2D eigenvalue weighted by atomic mass is 16.7. The zero-order chi connectivity index (χ0) is 25.2. The van der Waals surface area contributed by atoms with Crippen LogP contribution in [0.25, 0.3) is 22.4 Å². The van der Waals surface area contributed by atoms with Crippen LogP contribution in [-0.4, -0.2) is 37.6 Å². The van der Waals surface area contributed by atoms with Crippen molar-refractivity contribution in [3.63, 3.8) is 0 Å². The van der Waals surface area contributed by atoms with Crippen LogP contribution in [0.5, 0.6) is 0 Å². The van der Waals surface area contributed by atoms with Gasteiger partial charge >= 0.3 is 6.03 Å². The van der Waals surface area contributed by atoms with E-state index in [2.05, 4.69) is 30.6 Å². The van der Waals surface area contributed by atoms with Gasteiger partial charge in [0, 0.05) is 29.0 Å². The highest BCUT2D eigenvalue weighted by Crippen LogP contribution is 2.34. The molecule has 0 radical (unpaired) electrons. The fourth-order valence-electron chi connectivity index (χ4n) is 4.57. The summed E-state index contributed by atoms with van der Waals surface area (Å²) < 4.78 is 0. The lowest BCUT2D eigenvalue weighted by atomic mass is 10.1. The summed E-state index contributed by atoms with van der Waals surface area (Å²) in [5, 5.41) is 7.94. The monoisotopic (exact) mass is 491 g/mol. The molecule has 0 saturated carbocycles. The molecule has 1 fully saturated rings. The largest absolute Gasteiger partial charge is 0.355 e. The van der Waals surface area contributed by atoms with Crippen molar-refractivity contribution in [2.24, 2.45) is 0 Å². The normalized spacial score (nSPS) is 15.2. The van der Waals surface area contributed by atoms with Crippen LogP contribution in [0.1, 0.15) is 23.6 Å². The predicted octanol–water partition coefficient (Wildman–Crippen LogP) is 5.98. The van der Waals surface area contributed by atoms with Crippen LogP contribution in [0, 0.1) is 6.92 Å². The van der Waals surface area contributed by atoms with Crippen LogP contribution < -0.4 is 10.6 Å². The minimum atomic E-state index is -0.302. The number of para-hydroxylation sites is 1. The highest BCUT2D eigenvalue weighted by molar-refractivity contribution is 5.93. The molecule has 1 aliphatic heterocycles. The number of fused-ring (bicyclic) bond motifs is 1. The Kier molecular flexibility index (Phi) is 5.95. The number of H-pyrrole nitrogens is 1. The van der Waals surface area contributed by atoms with Gasteiger partial charge in [-0.3, -0.25) is 4.84 Å². The Bertz CT molecular complexity index is 1570. The second-order valence-corrected chi connectivity index (χ2v) is 8.83. The number of imidazole rings is 1. The summed E-state index contributed by atoms with van der Waals surface area (Å²) in [5.74, 6) is 0. The molecule has 184 valence electrons. The van der Waals surface area contributed by atoms with Gasteiger partial charge in [0.25, 0.3) is 0 Å². The van der Waals surface area contributed by atoms with E-state index in [1.54, 1.807) is 6.33 Å². The van der Waals surface area contributed by atoms with E-state index < -0.39 is 0 Å². The maximum absolute atomic E-state index is 13.1. The van der Waals surface area contributed by atoms with Gasteiger partial charge in [0.2, 0.25) is 0 Å². The van der Waals surface area contributed by atoms with Crippen molar-refractivity contribution in [1.82, 2.24) is 25.0 Å². The van der Waals surface area contributed by atoms with Gasteiger partial charge in [-0.25, -0.2) is 19.7 Å². The van der Waals surface area contributed by atoms with Crippen molar-refractivity contribution in [2.45, 2.75) is 19.4 Å². The van der Waals surface area contributed by atoms with Gasteiger partial charge in [-0.2, -0.15) is 5.06 Å². The Hall–Kier alpha value is -4.76.